The van der Waals surface area contributed by atoms with E-state index in [1.807, 2.05) is 36.4 Å². The molecule has 0 N–H and O–H groups in total. The van der Waals surface area contributed by atoms with E-state index < -0.39 is 0 Å². The van der Waals surface area contributed by atoms with Crippen LogP contribution in [-0.4, -0.2) is 16.8 Å². The van der Waals surface area contributed by atoms with Crippen molar-refractivity contribution < 1.29 is 9.58 Å². The molecule has 3 nitrogen and oxygen atoms in total. The molecule has 4 heteroatoms. The molecule has 0 spiro atoms. The summed E-state index contributed by atoms with van der Waals surface area (Å²) in [6.45, 7) is 0. The molecule has 0 aliphatic rings. The van der Waals surface area contributed by atoms with Crippen LogP contribution >= 0.6 is 15.9 Å². The Morgan fingerprint density at radius 1 is 1.38 bits per heavy atom. The van der Waals surface area contributed by atoms with Gasteiger partial charge in [-0.05, 0) is 24.1 Å². The zero-order chi connectivity index (χ0) is 11.8. The highest BCUT2D eigenvalue weighted by molar-refractivity contribution is 9.10. The summed E-state index contributed by atoms with van der Waals surface area (Å²) in [6, 6.07) is 7.89. The van der Waals surface area contributed by atoms with Crippen LogP contribution < -0.4 is 0 Å². The number of benzene rings is 1. The second kappa shape index (κ2) is 6.88. The topological polar surface area (TPSA) is 53.5 Å². The number of rotatable bonds is 5. The minimum Gasteiger partial charge on any atom is -0.361 e. The number of Topliss-reactive ketones (excluding diaryl/α,β-unsaturated/α-hetero) is 1. The van der Waals surface area contributed by atoms with Crippen molar-refractivity contribution >= 4 is 34.0 Å². The van der Waals surface area contributed by atoms with Crippen molar-refractivity contribution in [2.45, 2.75) is 12.8 Å². The van der Waals surface area contributed by atoms with Crippen LogP contribution in [0.2, 0.25) is 0 Å². The van der Waals surface area contributed by atoms with Gasteiger partial charge in [0.25, 0.3) is 0 Å². The number of hydrogen-bond acceptors (Lipinski definition) is 1. The predicted molar refractivity (Wildman–Crippen MR) is 67.1 cm³/mol. The first-order valence-corrected chi connectivity index (χ1v) is 5.64. The van der Waals surface area contributed by atoms with Gasteiger partial charge in [0, 0.05) is 10.9 Å². The summed E-state index contributed by atoms with van der Waals surface area (Å²) in [5, 5.41) is 0. The molecule has 0 aromatic heterocycles. The van der Waals surface area contributed by atoms with E-state index in [0.717, 1.165) is 16.3 Å². The smallest absolute Gasteiger partial charge is 0.323 e. The Balaban J connectivity index is 2.40. The maximum atomic E-state index is 10.9. The van der Waals surface area contributed by atoms with Gasteiger partial charge < -0.3 is 5.53 Å². The Morgan fingerprint density at radius 2 is 2.06 bits per heavy atom. The molecule has 16 heavy (non-hydrogen) atoms. The Bertz CT molecular complexity index is 431. The van der Waals surface area contributed by atoms with Crippen LogP contribution in [0.1, 0.15) is 18.4 Å². The van der Waals surface area contributed by atoms with Crippen molar-refractivity contribution in [1.82, 2.24) is 0 Å². The van der Waals surface area contributed by atoms with Crippen LogP contribution in [-0.2, 0) is 4.79 Å². The number of carbonyl (C=O) groups is 1. The number of nitrogens with zero attached hydrogens (tertiary/aromatic N) is 2. The fraction of sp³-hybridized carbons (Fsp3) is 0.167. The monoisotopic (exact) mass is 278 g/mol. The van der Waals surface area contributed by atoms with Crippen LogP contribution in [0.3, 0.4) is 0 Å². The molecule has 0 saturated carbocycles. The summed E-state index contributed by atoms with van der Waals surface area (Å²) in [4.78, 5) is 13.6. The minimum atomic E-state index is -0.178. The molecule has 0 fully saturated rings. The van der Waals surface area contributed by atoms with Gasteiger partial charge in [-0.3, -0.25) is 4.79 Å². The fourth-order valence-corrected chi connectivity index (χ4v) is 1.41. The van der Waals surface area contributed by atoms with Gasteiger partial charge in [0.1, 0.15) is 0 Å². The molecule has 1 aromatic rings. The summed E-state index contributed by atoms with van der Waals surface area (Å²) in [6.07, 6.45) is 5.80. The van der Waals surface area contributed by atoms with Crippen LogP contribution in [0, 0.1) is 0 Å². The van der Waals surface area contributed by atoms with Crippen LogP contribution in [0.5, 0.6) is 0 Å². The SMILES string of the molecule is [N-]=[N+]=CC(=O)CCC=Cc1ccc(Br)cc1. The van der Waals surface area contributed by atoms with E-state index in [0.29, 0.717) is 12.8 Å². The molecule has 1 aromatic carbocycles. The van der Waals surface area contributed by atoms with Gasteiger partial charge >= 0.3 is 6.21 Å². The number of allylic oxidation sites excluding steroid dienone is 1. The average molecular weight is 279 g/mol. The Kier molecular flexibility index (Phi) is 5.40. The molecule has 0 amide bonds. The molecule has 0 aliphatic carbocycles. The van der Waals surface area contributed by atoms with Crippen molar-refractivity contribution in [2.24, 2.45) is 0 Å². The fourth-order valence-electron chi connectivity index (χ4n) is 1.15. The first-order chi connectivity index (χ1) is 7.72. The van der Waals surface area contributed by atoms with E-state index in [1.165, 1.54) is 0 Å². The largest absolute Gasteiger partial charge is 0.361 e. The average Bonchev–Trinajstić information content (AvgIpc) is 2.27. The van der Waals surface area contributed by atoms with Crippen molar-refractivity contribution in [2.75, 3.05) is 0 Å². The number of carbonyl (C=O) groups excluding carboxylic acids is 1. The van der Waals surface area contributed by atoms with Gasteiger partial charge in [0.15, 0.2) is 0 Å². The highest BCUT2D eigenvalue weighted by Gasteiger charge is 1.99. The Morgan fingerprint density at radius 3 is 2.69 bits per heavy atom. The van der Waals surface area contributed by atoms with Gasteiger partial charge in [-0.25, -0.2) is 0 Å². The molecule has 0 aliphatic heterocycles. The molecule has 0 saturated heterocycles. The van der Waals surface area contributed by atoms with Gasteiger partial charge in [-0.15, -0.1) is 0 Å². The molecule has 0 bridgehead atoms. The highest BCUT2D eigenvalue weighted by atomic mass is 79.9. The molecule has 1 rings (SSSR count). The molecule has 82 valence electrons. The molecule has 0 unspecified atom stereocenters. The highest BCUT2D eigenvalue weighted by Crippen LogP contribution is 2.11. The molecule has 0 radical (unpaired) electrons. The first kappa shape index (κ1) is 12.6. The third kappa shape index (κ3) is 4.82. The second-order valence-corrected chi connectivity index (χ2v) is 4.12. The van der Waals surface area contributed by atoms with Crippen LogP contribution in [0.4, 0.5) is 0 Å². The van der Waals surface area contributed by atoms with E-state index in [-0.39, 0.29) is 5.78 Å². The minimum absolute atomic E-state index is 0.178. The number of hydrogen-bond donors (Lipinski definition) is 0. The number of halogens is 1. The van der Waals surface area contributed by atoms with Crippen molar-refractivity contribution in [3.05, 3.63) is 45.9 Å². The lowest BCUT2D eigenvalue weighted by molar-refractivity contribution is -0.116. The third-order valence-electron chi connectivity index (χ3n) is 1.94. The summed E-state index contributed by atoms with van der Waals surface area (Å²) in [5.41, 5.74) is 9.21. The lowest BCUT2D eigenvalue weighted by Gasteiger charge is -1.93. The van der Waals surface area contributed by atoms with E-state index in [1.54, 1.807) is 0 Å². The quantitative estimate of drug-likeness (QED) is 0.464. The van der Waals surface area contributed by atoms with Crippen molar-refractivity contribution in [3.63, 3.8) is 0 Å². The van der Waals surface area contributed by atoms with E-state index in [2.05, 4.69) is 20.7 Å². The maximum absolute atomic E-state index is 10.9. The zero-order valence-corrected chi connectivity index (χ0v) is 10.2. The van der Waals surface area contributed by atoms with Crippen molar-refractivity contribution in [1.29, 1.82) is 0 Å². The summed E-state index contributed by atoms with van der Waals surface area (Å²) < 4.78 is 1.04. The van der Waals surface area contributed by atoms with Gasteiger partial charge in [0.05, 0.1) is 0 Å². The Hall–Kier alpha value is -1.51. The summed E-state index contributed by atoms with van der Waals surface area (Å²) in [7, 11) is 0. The van der Waals surface area contributed by atoms with Gasteiger partial charge in [-0.1, -0.05) is 40.2 Å². The third-order valence-corrected chi connectivity index (χ3v) is 2.47. The molecular formula is C12H11BrN2O. The van der Waals surface area contributed by atoms with E-state index in [4.69, 9.17) is 5.53 Å². The zero-order valence-electron chi connectivity index (χ0n) is 8.64. The predicted octanol–water partition coefficient (Wildman–Crippen LogP) is 3.11. The number of ketones is 1. The molecule has 0 atom stereocenters. The lowest BCUT2D eigenvalue weighted by atomic mass is 10.1. The standard InChI is InChI=1S/C12H11BrN2O/c13-11-7-5-10(6-8-11)3-1-2-4-12(16)9-15-14/h1,3,5-9H,2,4H2. The molecule has 0 heterocycles. The first-order valence-electron chi connectivity index (χ1n) is 4.85. The van der Waals surface area contributed by atoms with Crippen molar-refractivity contribution in [3.8, 4) is 0 Å². The molecular weight excluding hydrogens is 268 g/mol. The van der Waals surface area contributed by atoms with Crippen LogP contribution in [0.15, 0.2) is 34.8 Å². The maximum Gasteiger partial charge on any atom is 0.323 e. The van der Waals surface area contributed by atoms with Crippen LogP contribution in [0.25, 0.3) is 11.6 Å². The second-order valence-electron chi connectivity index (χ2n) is 3.20. The normalized spacial score (nSPS) is 10.1. The van der Waals surface area contributed by atoms with E-state index in [9.17, 15) is 4.79 Å². The summed E-state index contributed by atoms with van der Waals surface area (Å²) >= 11 is 3.36. The van der Waals surface area contributed by atoms with Gasteiger partial charge in [0.2, 0.25) is 5.78 Å². The summed E-state index contributed by atoms with van der Waals surface area (Å²) in [5.74, 6) is -0.178. The Labute approximate surface area is 103 Å². The van der Waals surface area contributed by atoms with Gasteiger partial charge in [-0.2, -0.15) is 4.79 Å². The van der Waals surface area contributed by atoms with E-state index >= 15 is 0 Å². The lowest BCUT2D eigenvalue weighted by Crippen LogP contribution is -1.97.